The molecule has 0 unspecified atom stereocenters. The van der Waals surface area contributed by atoms with Crippen molar-refractivity contribution in [3.05, 3.63) is 115 Å². The minimum absolute atomic E-state index is 0.200. The van der Waals surface area contributed by atoms with Crippen molar-refractivity contribution in [2.24, 2.45) is 0 Å². The third-order valence-corrected chi connectivity index (χ3v) is 5.65. The molecule has 0 spiro atoms. The first-order chi connectivity index (χ1) is 16.2. The Morgan fingerprint density at radius 3 is 1.48 bits per heavy atom. The number of benzene rings is 4. The van der Waals surface area contributed by atoms with E-state index in [1.807, 2.05) is 12.1 Å². The fourth-order valence-electron chi connectivity index (χ4n) is 3.82. The topological polar surface area (TPSA) is 38.7 Å². The molecule has 33 heavy (non-hydrogen) atoms. The van der Waals surface area contributed by atoms with E-state index in [1.165, 1.54) is 16.7 Å². The first kappa shape index (κ1) is 20.8. The summed E-state index contributed by atoms with van der Waals surface area (Å²) in [5.74, 6) is 2.40. The zero-order valence-corrected chi connectivity index (χ0v) is 18.8. The van der Waals surface area contributed by atoms with Crippen LogP contribution in [-0.4, -0.2) is 15.0 Å². The van der Waals surface area contributed by atoms with Crippen molar-refractivity contribution < 1.29 is 0 Å². The van der Waals surface area contributed by atoms with Crippen LogP contribution in [0.25, 0.3) is 45.0 Å². The van der Waals surface area contributed by atoms with Gasteiger partial charge in [0.15, 0.2) is 11.6 Å². The number of aromatic nitrogens is 3. The van der Waals surface area contributed by atoms with E-state index in [4.69, 9.17) is 15.0 Å². The van der Waals surface area contributed by atoms with Crippen LogP contribution in [0.2, 0.25) is 0 Å². The van der Waals surface area contributed by atoms with E-state index in [-0.39, 0.29) is 5.92 Å². The van der Waals surface area contributed by atoms with Crippen LogP contribution in [0.5, 0.6) is 0 Å². The van der Waals surface area contributed by atoms with Crippen LogP contribution in [-0.2, 0) is 0 Å². The number of hydrogen-bond donors (Lipinski definition) is 0. The van der Waals surface area contributed by atoms with Crippen LogP contribution < -0.4 is 0 Å². The summed E-state index contributed by atoms with van der Waals surface area (Å²) in [7, 11) is 0. The second-order valence-electron chi connectivity index (χ2n) is 8.39. The van der Waals surface area contributed by atoms with E-state index in [1.54, 1.807) is 0 Å². The van der Waals surface area contributed by atoms with Gasteiger partial charge in [-0.25, -0.2) is 15.0 Å². The third kappa shape index (κ3) is 4.58. The summed E-state index contributed by atoms with van der Waals surface area (Å²) < 4.78 is 0. The van der Waals surface area contributed by atoms with Crippen molar-refractivity contribution in [2.75, 3.05) is 0 Å². The average Bonchev–Trinajstić information content (AvgIpc) is 2.89. The number of rotatable bonds is 5. The second-order valence-corrected chi connectivity index (χ2v) is 8.39. The van der Waals surface area contributed by atoms with Crippen LogP contribution in [0.1, 0.15) is 25.6 Å². The van der Waals surface area contributed by atoms with Gasteiger partial charge in [0.05, 0.1) is 0 Å². The zero-order chi connectivity index (χ0) is 22.6. The predicted octanol–water partition coefficient (Wildman–Crippen LogP) is 7.66. The molecule has 3 heteroatoms. The van der Waals surface area contributed by atoms with Crippen LogP contribution in [0.3, 0.4) is 0 Å². The fourth-order valence-corrected chi connectivity index (χ4v) is 3.82. The van der Waals surface area contributed by atoms with Crippen molar-refractivity contribution in [3.8, 4) is 45.0 Å². The van der Waals surface area contributed by atoms with Crippen molar-refractivity contribution in [3.63, 3.8) is 0 Å². The molecule has 3 nitrogen and oxygen atoms in total. The van der Waals surface area contributed by atoms with Gasteiger partial charge in [0.25, 0.3) is 0 Å². The summed E-state index contributed by atoms with van der Waals surface area (Å²) in [4.78, 5) is 14.5. The molecule has 0 fully saturated rings. The van der Waals surface area contributed by atoms with E-state index < -0.39 is 0 Å². The molecule has 0 saturated heterocycles. The van der Waals surface area contributed by atoms with Crippen LogP contribution >= 0.6 is 0 Å². The fraction of sp³-hybridized carbons (Fsp3) is 0.100. The van der Waals surface area contributed by atoms with Crippen LogP contribution in [0, 0.1) is 0 Å². The Balaban J connectivity index is 1.55. The summed E-state index contributed by atoms with van der Waals surface area (Å²) in [6.45, 7) is 4.23. The van der Waals surface area contributed by atoms with Gasteiger partial charge in [0, 0.05) is 17.0 Å². The molecule has 0 atom stereocenters. The lowest BCUT2D eigenvalue weighted by molar-refractivity contribution is 0.766. The van der Waals surface area contributed by atoms with Gasteiger partial charge in [-0.15, -0.1) is 0 Å². The smallest absolute Gasteiger partial charge is 0.163 e. The monoisotopic (exact) mass is 427 g/mol. The van der Waals surface area contributed by atoms with Crippen molar-refractivity contribution in [1.82, 2.24) is 15.0 Å². The lowest BCUT2D eigenvalue weighted by Gasteiger charge is -2.11. The Bertz CT molecular complexity index is 1360. The second kappa shape index (κ2) is 9.17. The molecule has 5 aromatic rings. The van der Waals surface area contributed by atoms with Gasteiger partial charge in [-0.2, -0.15) is 0 Å². The molecular formula is C30H25N3. The van der Waals surface area contributed by atoms with Gasteiger partial charge in [-0.3, -0.25) is 0 Å². The van der Waals surface area contributed by atoms with Crippen molar-refractivity contribution in [2.45, 2.75) is 19.8 Å². The molecule has 0 radical (unpaired) electrons. The van der Waals surface area contributed by atoms with E-state index in [0.717, 1.165) is 22.5 Å². The molecule has 1 heterocycles. The van der Waals surface area contributed by atoms with Gasteiger partial charge in [-0.05, 0) is 28.3 Å². The van der Waals surface area contributed by atoms with Crippen molar-refractivity contribution in [1.29, 1.82) is 0 Å². The lowest BCUT2D eigenvalue weighted by Crippen LogP contribution is -2.04. The normalized spacial score (nSPS) is 11.0. The molecule has 160 valence electrons. The molecule has 0 aliphatic carbocycles. The summed E-state index contributed by atoms with van der Waals surface area (Å²) >= 11 is 0. The summed E-state index contributed by atoms with van der Waals surface area (Å²) in [6, 6.07) is 37.6. The van der Waals surface area contributed by atoms with E-state index >= 15 is 0 Å². The highest BCUT2D eigenvalue weighted by molar-refractivity contribution is 5.72. The maximum Gasteiger partial charge on any atom is 0.163 e. The highest BCUT2D eigenvalue weighted by Crippen LogP contribution is 2.28. The zero-order valence-electron chi connectivity index (χ0n) is 18.8. The summed E-state index contributed by atoms with van der Waals surface area (Å²) in [6.07, 6.45) is 0. The highest BCUT2D eigenvalue weighted by atomic mass is 15.0. The van der Waals surface area contributed by atoms with Crippen molar-refractivity contribution >= 4 is 0 Å². The minimum Gasteiger partial charge on any atom is -0.213 e. The molecule has 5 rings (SSSR count). The van der Waals surface area contributed by atoms with E-state index in [0.29, 0.717) is 11.6 Å². The Morgan fingerprint density at radius 1 is 0.424 bits per heavy atom. The van der Waals surface area contributed by atoms with Gasteiger partial charge in [0.1, 0.15) is 5.82 Å². The Morgan fingerprint density at radius 2 is 0.879 bits per heavy atom. The molecule has 1 aromatic heterocycles. The van der Waals surface area contributed by atoms with Crippen LogP contribution in [0.15, 0.2) is 109 Å². The number of hydrogen-bond acceptors (Lipinski definition) is 3. The van der Waals surface area contributed by atoms with E-state index in [2.05, 4.69) is 111 Å². The predicted molar refractivity (Wildman–Crippen MR) is 136 cm³/mol. The SMILES string of the molecule is CC(C)c1nc(-c2ccc(-c3ccccc3)cc2)nc(-c2cccc(-c3ccccc3)c2)n1. The Kier molecular flexibility index (Phi) is 5.77. The first-order valence-corrected chi connectivity index (χ1v) is 11.2. The molecule has 0 amide bonds. The third-order valence-electron chi connectivity index (χ3n) is 5.65. The molecule has 0 saturated carbocycles. The van der Waals surface area contributed by atoms with Crippen LogP contribution in [0.4, 0.5) is 0 Å². The van der Waals surface area contributed by atoms with Gasteiger partial charge in [-0.1, -0.05) is 117 Å². The molecule has 0 aliphatic rings. The largest absolute Gasteiger partial charge is 0.213 e. The maximum absolute atomic E-state index is 4.87. The van der Waals surface area contributed by atoms with E-state index in [9.17, 15) is 0 Å². The first-order valence-electron chi connectivity index (χ1n) is 11.2. The summed E-state index contributed by atoms with van der Waals surface area (Å²) in [5.41, 5.74) is 6.67. The Labute approximate surface area is 194 Å². The van der Waals surface area contributed by atoms with Gasteiger partial charge in [0.2, 0.25) is 0 Å². The standard InChI is InChI=1S/C30H25N3/c1-21(2)28-31-29(25-18-16-24(17-19-25)22-10-5-3-6-11-22)33-30(32-28)27-15-9-14-26(20-27)23-12-7-4-8-13-23/h3-21H,1-2H3. The minimum atomic E-state index is 0.200. The molecule has 0 aliphatic heterocycles. The lowest BCUT2D eigenvalue weighted by atomic mass is 10.0. The molecule has 4 aromatic carbocycles. The average molecular weight is 428 g/mol. The Hall–Kier alpha value is -4.11. The number of nitrogens with zero attached hydrogens (tertiary/aromatic N) is 3. The summed E-state index contributed by atoms with van der Waals surface area (Å²) in [5, 5.41) is 0. The maximum atomic E-state index is 4.87. The quantitative estimate of drug-likeness (QED) is 0.289. The molecule has 0 N–H and O–H groups in total. The van der Waals surface area contributed by atoms with Gasteiger partial charge >= 0.3 is 0 Å². The molecular weight excluding hydrogens is 402 g/mol. The highest BCUT2D eigenvalue weighted by Gasteiger charge is 2.13. The molecule has 0 bridgehead atoms. The van der Waals surface area contributed by atoms with Gasteiger partial charge < -0.3 is 0 Å².